The van der Waals surface area contributed by atoms with Crippen LogP contribution in [0.2, 0.25) is 0 Å². The Bertz CT molecular complexity index is 399. The second-order valence-corrected chi connectivity index (χ2v) is 4.87. The summed E-state index contributed by atoms with van der Waals surface area (Å²) in [4.78, 5) is 6.28. The third kappa shape index (κ3) is 4.40. The molecule has 1 unspecified atom stereocenters. The van der Waals surface area contributed by atoms with Gasteiger partial charge >= 0.3 is 0 Å². The summed E-state index contributed by atoms with van der Waals surface area (Å²) < 4.78 is 5.86. The number of hydrogen-bond donors (Lipinski definition) is 0. The normalized spacial score (nSPS) is 13.3. The molecular weight excluding hydrogens is 224 g/mol. The first-order chi connectivity index (χ1) is 8.54. The van der Waals surface area contributed by atoms with E-state index in [-0.39, 0.29) is 0 Å². The van der Waals surface area contributed by atoms with Crippen molar-refractivity contribution in [1.29, 1.82) is 0 Å². The zero-order valence-corrected chi connectivity index (χ0v) is 12.1. The van der Waals surface area contributed by atoms with Crippen LogP contribution in [0.25, 0.3) is 0 Å². The number of rotatable bonds is 6. The molecule has 1 aromatic rings. The van der Waals surface area contributed by atoms with Crippen LogP contribution in [-0.4, -0.2) is 25.7 Å². The van der Waals surface area contributed by atoms with Crippen molar-refractivity contribution in [3.63, 3.8) is 0 Å². The summed E-state index contributed by atoms with van der Waals surface area (Å²) in [5.74, 6) is 2.14. The highest BCUT2D eigenvalue weighted by molar-refractivity contribution is 5.50. The zero-order valence-electron chi connectivity index (χ0n) is 12.1. The van der Waals surface area contributed by atoms with Crippen molar-refractivity contribution >= 4 is 5.82 Å². The first-order valence-electron chi connectivity index (χ1n) is 6.47. The largest absolute Gasteiger partial charge is 0.489 e. The SMILES string of the molecule is CC/C(C)=C/C(C)COc1cccnc1N(C)C. The third-order valence-corrected chi connectivity index (χ3v) is 2.80. The standard InChI is InChI=1S/C15H24N2O/c1-6-12(2)10-13(3)11-18-14-8-7-9-16-15(14)17(4)5/h7-10,13H,6,11H2,1-5H3/b12-10+. The van der Waals surface area contributed by atoms with E-state index in [4.69, 9.17) is 4.74 Å². The minimum atomic E-state index is 0.417. The molecule has 3 nitrogen and oxygen atoms in total. The van der Waals surface area contributed by atoms with Gasteiger partial charge in [0, 0.05) is 26.2 Å². The van der Waals surface area contributed by atoms with Crippen LogP contribution in [0.1, 0.15) is 27.2 Å². The molecule has 0 aliphatic rings. The first kappa shape index (κ1) is 14.6. The maximum atomic E-state index is 5.86. The Morgan fingerprint density at radius 1 is 1.50 bits per heavy atom. The molecule has 0 fully saturated rings. The van der Waals surface area contributed by atoms with Crippen molar-refractivity contribution < 1.29 is 4.74 Å². The highest BCUT2D eigenvalue weighted by atomic mass is 16.5. The summed E-state index contributed by atoms with van der Waals surface area (Å²) in [6.45, 7) is 7.19. The Kier molecular flexibility index (Phi) is 5.69. The average Bonchev–Trinajstić information content (AvgIpc) is 2.36. The number of anilines is 1. The molecule has 0 N–H and O–H groups in total. The predicted octanol–water partition coefficient (Wildman–Crippen LogP) is 3.52. The topological polar surface area (TPSA) is 25.4 Å². The van der Waals surface area contributed by atoms with E-state index >= 15 is 0 Å². The second kappa shape index (κ2) is 7.04. The first-order valence-corrected chi connectivity index (χ1v) is 6.47. The van der Waals surface area contributed by atoms with Gasteiger partial charge < -0.3 is 9.64 Å². The van der Waals surface area contributed by atoms with Crippen LogP contribution in [0.3, 0.4) is 0 Å². The second-order valence-electron chi connectivity index (χ2n) is 4.87. The molecule has 0 saturated heterocycles. The number of allylic oxidation sites excluding steroid dienone is 1. The van der Waals surface area contributed by atoms with Crippen LogP contribution >= 0.6 is 0 Å². The van der Waals surface area contributed by atoms with Gasteiger partial charge in [-0.25, -0.2) is 4.98 Å². The Labute approximate surface area is 110 Å². The van der Waals surface area contributed by atoms with Gasteiger partial charge in [-0.1, -0.05) is 25.5 Å². The van der Waals surface area contributed by atoms with E-state index in [2.05, 4.69) is 31.8 Å². The molecule has 0 saturated carbocycles. The molecule has 3 heteroatoms. The van der Waals surface area contributed by atoms with Crippen LogP contribution < -0.4 is 9.64 Å². The summed E-state index contributed by atoms with van der Waals surface area (Å²) in [5.41, 5.74) is 1.41. The van der Waals surface area contributed by atoms with E-state index in [1.807, 2.05) is 31.1 Å². The molecule has 0 bridgehead atoms. The van der Waals surface area contributed by atoms with E-state index < -0.39 is 0 Å². The number of hydrogen-bond acceptors (Lipinski definition) is 3. The summed E-state index contributed by atoms with van der Waals surface area (Å²) in [6.07, 6.45) is 5.15. The molecule has 1 atom stereocenters. The van der Waals surface area contributed by atoms with Gasteiger partial charge in [0.2, 0.25) is 0 Å². The van der Waals surface area contributed by atoms with Crippen molar-refractivity contribution in [2.45, 2.75) is 27.2 Å². The van der Waals surface area contributed by atoms with Gasteiger partial charge in [-0.3, -0.25) is 0 Å². The minimum Gasteiger partial charge on any atom is -0.489 e. The molecule has 0 aromatic carbocycles. The van der Waals surface area contributed by atoms with Crippen molar-refractivity contribution in [3.05, 3.63) is 30.0 Å². The third-order valence-electron chi connectivity index (χ3n) is 2.80. The fraction of sp³-hybridized carbons (Fsp3) is 0.533. The average molecular weight is 248 g/mol. The van der Waals surface area contributed by atoms with Crippen molar-refractivity contribution in [1.82, 2.24) is 4.98 Å². The van der Waals surface area contributed by atoms with Gasteiger partial charge in [0.15, 0.2) is 11.6 Å². The molecular formula is C15H24N2O. The molecule has 1 heterocycles. The molecule has 1 rings (SSSR count). The van der Waals surface area contributed by atoms with Gasteiger partial charge in [0.1, 0.15) is 0 Å². The number of nitrogens with zero attached hydrogens (tertiary/aromatic N) is 2. The van der Waals surface area contributed by atoms with E-state index in [0.29, 0.717) is 12.5 Å². The Balaban J connectivity index is 2.64. The van der Waals surface area contributed by atoms with Crippen LogP contribution in [0.4, 0.5) is 5.82 Å². The van der Waals surface area contributed by atoms with Gasteiger partial charge in [-0.05, 0) is 25.5 Å². The fourth-order valence-electron chi connectivity index (χ4n) is 1.70. The van der Waals surface area contributed by atoms with E-state index in [9.17, 15) is 0 Å². The van der Waals surface area contributed by atoms with Gasteiger partial charge in [0.05, 0.1) is 6.61 Å². The van der Waals surface area contributed by atoms with Gasteiger partial charge in [-0.2, -0.15) is 0 Å². The lowest BCUT2D eigenvalue weighted by molar-refractivity contribution is 0.284. The molecule has 0 spiro atoms. The number of pyridine rings is 1. The molecule has 0 radical (unpaired) electrons. The lowest BCUT2D eigenvalue weighted by atomic mass is 10.1. The minimum absolute atomic E-state index is 0.417. The smallest absolute Gasteiger partial charge is 0.170 e. The molecule has 0 aliphatic heterocycles. The van der Waals surface area contributed by atoms with E-state index in [1.165, 1.54) is 5.57 Å². The monoisotopic (exact) mass is 248 g/mol. The van der Waals surface area contributed by atoms with E-state index in [0.717, 1.165) is 18.0 Å². The Hall–Kier alpha value is -1.51. The zero-order chi connectivity index (χ0) is 13.5. The molecule has 0 aliphatic carbocycles. The maximum Gasteiger partial charge on any atom is 0.170 e. The lowest BCUT2D eigenvalue weighted by Crippen LogP contribution is -2.14. The molecule has 1 aromatic heterocycles. The van der Waals surface area contributed by atoms with Crippen LogP contribution in [0.15, 0.2) is 30.0 Å². The highest BCUT2D eigenvalue weighted by Crippen LogP contribution is 2.23. The Morgan fingerprint density at radius 2 is 2.22 bits per heavy atom. The Morgan fingerprint density at radius 3 is 2.83 bits per heavy atom. The quantitative estimate of drug-likeness (QED) is 0.720. The predicted molar refractivity (Wildman–Crippen MR) is 77.3 cm³/mol. The van der Waals surface area contributed by atoms with Crippen molar-refractivity contribution in [2.75, 3.05) is 25.6 Å². The highest BCUT2D eigenvalue weighted by Gasteiger charge is 2.07. The number of aromatic nitrogens is 1. The maximum absolute atomic E-state index is 5.86. The van der Waals surface area contributed by atoms with Crippen LogP contribution in [0, 0.1) is 5.92 Å². The van der Waals surface area contributed by atoms with Crippen LogP contribution in [0.5, 0.6) is 5.75 Å². The lowest BCUT2D eigenvalue weighted by Gasteiger charge is -2.17. The molecule has 100 valence electrons. The summed E-state index contributed by atoms with van der Waals surface area (Å²) in [7, 11) is 3.94. The number of ether oxygens (including phenoxy) is 1. The van der Waals surface area contributed by atoms with Gasteiger partial charge in [0.25, 0.3) is 0 Å². The molecule has 18 heavy (non-hydrogen) atoms. The van der Waals surface area contributed by atoms with E-state index in [1.54, 1.807) is 6.20 Å². The fourth-order valence-corrected chi connectivity index (χ4v) is 1.70. The summed E-state index contributed by atoms with van der Waals surface area (Å²) in [5, 5.41) is 0. The molecule has 0 amide bonds. The van der Waals surface area contributed by atoms with Crippen molar-refractivity contribution in [2.24, 2.45) is 5.92 Å². The van der Waals surface area contributed by atoms with Crippen LogP contribution in [-0.2, 0) is 0 Å². The van der Waals surface area contributed by atoms with Gasteiger partial charge in [-0.15, -0.1) is 0 Å². The van der Waals surface area contributed by atoms with Crippen molar-refractivity contribution in [3.8, 4) is 5.75 Å². The summed E-state index contributed by atoms with van der Waals surface area (Å²) >= 11 is 0. The summed E-state index contributed by atoms with van der Waals surface area (Å²) in [6, 6.07) is 3.87.